The van der Waals surface area contributed by atoms with Gasteiger partial charge >= 0.3 is 5.97 Å². The molecule has 0 bridgehead atoms. The van der Waals surface area contributed by atoms with E-state index in [9.17, 15) is 9.59 Å². The Hall–Kier alpha value is -2.76. The standard InChI is InChI=1S/C23H32N2O4/c1-7-29-23(27)22-16(4)20(24-17(22)5)14-25(21(26)12-15(2)3)13-18-8-10-19(28-6)11-9-18/h8-11,15,24H,7,12-14H2,1-6H3. The van der Waals surface area contributed by atoms with Gasteiger partial charge in [0.15, 0.2) is 0 Å². The van der Waals surface area contributed by atoms with Gasteiger partial charge in [-0.1, -0.05) is 26.0 Å². The van der Waals surface area contributed by atoms with Gasteiger partial charge in [0.25, 0.3) is 0 Å². The van der Waals surface area contributed by atoms with Crippen molar-refractivity contribution in [2.75, 3.05) is 13.7 Å². The van der Waals surface area contributed by atoms with Crippen LogP contribution in [0.1, 0.15) is 60.1 Å². The van der Waals surface area contributed by atoms with Gasteiger partial charge in [0.2, 0.25) is 5.91 Å². The number of benzene rings is 1. The maximum atomic E-state index is 12.9. The van der Waals surface area contributed by atoms with Crippen molar-refractivity contribution in [2.45, 2.75) is 54.1 Å². The fourth-order valence-electron chi connectivity index (χ4n) is 3.34. The maximum Gasteiger partial charge on any atom is 0.340 e. The summed E-state index contributed by atoms with van der Waals surface area (Å²) in [6, 6.07) is 7.71. The molecule has 158 valence electrons. The van der Waals surface area contributed by atoms with Crippen LogP contribution >= 0.6 is 0 Å². The number of aryl methyl sites for hydroxylation is 1. The predicted molar refractivity (Wildman–Crippen MR) is 113 cm³/mol. The number of esters is 1. The Bertz CT molecular complexity index is 837. The second-order valence-corrected chi connectivity index (χ2v) is 7.64. The molecule has 1 heterocycles. The maximum absolute atomic E-state index is 12.9. The number of rotatable bonds is 9. The third-order valence-corrected chi connectivity index (χ3v) is 4.84. The van der Waals surface area contributed by atoms with Gasteiger partial charge in [-0.05, 0) is 49.9 Å². The molecule has 0 aliphatic carbocycles. The number of hydrogen-bond acceptors (Lipinski definition) is 4. The van der Waals surface area contributed by atoms with E-state index in [4.69, 9.17) is 9.47 Å². The van der Waals surface area contributed by atoms with E-state index in [1.54, 1.807) is 14.0 Å². The predicted octanol–water partition coefficient (Wildman–Crippen LogP) is 4.39. The molecule has 1 aromatic carbocycles. The highest BCUT2D eigenvalue weighted by Crippen LogP contribution is 2.22. The summed E-state index contributed by atoms with van der Waals surface area (Å²) in [7, 11) is 1.63. The molecule has 29 heavy (non-hydrogen) atoms. The molecule has 6 nitrogen and oxygen atoms in total. The minimum absolute atomic E-state index is 0.0835. The lowest BCUT2D eigenvalue weighted by Gasteiger charge is -2.24. The Labute approximate surface area is 173 Å². The summed E-state index contributed by atoms with van der Waals surface area (Å²) in [5.41, 5.74) is 4.03. The first kappa shape index (κ1) is 22.5. The van der Waals surface area contributed by atoms with E-state index >= 15 is 0 Å². The van der Waals surface area contributed by atoms with Crippen LogP contribution in [0, 0.1) is 19.8 Å². The molecular formula is C23H32N2O4. The lowest BCUT2D eigenvalue weighted by atomic mass is 10.1. The van der Waals surface area contributed by atoms with Gasteiger partial charge < -0.3 is 19.4 Å². The molecule has 0 fully saturated rings. The molecule has 0 spiro atoms. The van der Waals surface area contributed by atoms with Crippen molar-refractivity contribution in [2.24, 2.45) is 5.92 Å². The zero-order chi connectivity index (χ0) is 21.6. The molecular weight excluding hydrogens is 368 g/mol. The molecule has 6 heteroatoms. The zero-order valence-corrected chi connectivity index (χ0v) is 18.3. The van der Waals surface area contributed by atoms with Crippen LogP contribution in [0.3, 0.4) is 0 Å². The largest absolute Gasteiger partial charge is 0.497 e. The van der Waals surface area contributed by atoms with Gasteiger partial charge in [0.1, 0.15) is 5.75 Å². The van der Waals surface area contributed by atoms with Crippen molar-refractivity contribution < 1.29 is 19.1 Å². The van der Waals surface area contributed by atoms with Crippen LogP contribution in [0.5, 0.6) is 5.75 Å². The van der Waals surface area contributed by atoms with E-state index < -0.39 is 0 Å². The second kappa shape index (κ2) is 10.1. The highest BCUT2D eigenvalue weighted by atomic mass is 16.5. The summed E-state index contributed by atoms with van der Waals surface area (Å²) >= 11 is 0. The second-order valence-electron chi connectivity index (χ2n) is 7.64. The highest BCUT2D eigenvalue weighted by molar-refractivity contribution is 5.92. The van der Waals surface area contributed by atoms with Crippen LogP contribution in [-0.4, -0.2) is 35.5 Å². The minimum atomic E-state index is -0.333. The van der Waals surface area contributed by atoms with Gasteiger partial charge in [-0.25, -0.2) is 4.79 Å². The number of ether oxygens (including phenoxy) is 2. The molecule has 2 rings (SSSR count). The van der Waals surface area contributed by atoms with Crippen LogP contribution < -0.4 is 4.74 Å². The van der Waals surface area contributed by atoms with Crippen molar-refractivity contribution in [3.63, 3.8) is 0 Å². The first-order valence-electron chi connectivity index (χ1n) is 10.0. The monoisotopic (exact) mass is 400 g/mol. The molecule has 0 radical (unpaired) electrons. The topological polar surface area (TPSA) is 71.6 Å². The Kier molecular flexibility index (Phi) is 7.88. The van der Waals surface area contributed by atoms with Gasteiger partial charge in [-0.15, -0.1) is 0 Å². The van der Waals surface area contributed by atoms with Gasteiger partial charge in [0.05, 0.1) is 25.8 Å². The molecule has 2 aromatic rings. The first-order valence-corrected chi connectivity index (χ1v) is 10.0. The number of H-pyrrole nitrogens is 1. The van der Waals surface area contributed by atoms with Crippen LogP contribution in [0.25, 0.3) is 0 Å². The van der Waals surface area contributed by atoms with Crippen LogP contribution in [0.2, 0.25) is 0 Å². The van der Waals surface area contributed by atoms with E-state index in [1.807, 2.05) is 56.9 Å². The fraction of sp³-hybridized carbons (Fsp3) is 0.478. The van der Waals surface area contributed by atoms with Crippen molar-refractivity contribution >= 4 is 11.9 Å². The number of amides is 1. The third kappa shape index (κ3) is 5.86. The summed E-state index contributed by atoms with van der Waals surface area (Å²) in [5, 5.41) is 0. The molecule has 1 aromatic heterocycles. The Balaban J connectivity index is 2.28. The molecule has 0 aliphatic heterocycles. The Morgan fingerprint density at radius 3 is 2.31 bits per heavy atom. The fourth-order valence-corrected chi connectivity index (χ4v) is 3.34. The average Bonchev–Trinajstić information content (AvgIpc) is 2.94. The molecule has 0 saturated carbocycles. The zero-order valence-electron chi connectivity index (χ0n) is 18.3. The quantitative estimate of drug-likeness (QED) is 0.634. The van der Waals surface area contributed by atoms with Crippen molar-refractivity contribution in [3.05, 3.63) is 52.3 Å². The van der Waals surface area contributed by atoms with Crippen molar-refractivity contribution in [3.8, 4) is 5.75 Å². The number of nitrogens with one attached hydrogen (secondary N) is 1. The summed E-state index contributed by atoms with van der Waals surface area (Å²) in [4.78, 5) is 30.3. The number of methoxy groups -OCH3 is 1. The number of aromatic nitrogens is 1. The van der Waals surface area contributed by atoms with Crippen LogP contribution in [0.15, 0.2) is 24.3 Å². The molecule has 0 saturated heterocycles. The highest BCUT2D eigenvalue weighted by Gasteiger charge is 2.23. The smallest absolute Gasteiger partial charge is 0.340 e. The molecule has 0 atom stereocenters. The SMILES string of the molecule is CCOC(=O)c1c(C)[nH]c(CN(Cc2ccc(OC)cc2)C(=O)CC(C)C)c1C. The summed E-state index contributed by atoms with van der Waals surface area (Å²) in [6.45, 7) is 10.8. The molecule has 1 N–H and O–H groups in total. The van der Waals surface area contributed by atoms with Gasteiger partial charge in [-0.2, -0.15) is 0 Å². The normalized spacial score (nSPS) is 10.9. The third-order valence-electron chi connectivity index (χ3n) is 4.84. The molecule has 0 aliphatic rings. The van der Waals surface area contributed by atoms with Gasteiger partial charge in [0, 0.05) is 24.4 Å². The van der Waals surface area contributed by atoms with E-state index in [-0.39, 0.29) is 17.8 Å². The lowest BCUT2D eigenvalue weighted by molar-refractivity contribution is -0.133. The number of nitrogens with zero attached hydrogens (tertiary/aromatic N) is 1. The lowest BCUT2D eigenvalue weighted by Crippen LogP contribution is -2.31. The van der Waals surface area contributed by atoms with E-state index in [1.165, 1.54) is 0 Å². The van der Waals surface area contributed by atoms with Crippen molar-refractivity contribution in [1.29, 1.82) is 0 Å². The van der Waals surface area contributed by atoms with Crippen molar-refractivity contribution in [1.82, 2.24) is 9.88 Å². The summed E-state index contributed by atoms with van der Waals surface area (Å²) in [6.07, 6.45) is 0.472. The van der Waals surface area contributed by atoms with Crippen LogP contribution in [-0.2, 0) is 22.6 Å². The number of aromatic amines is 1. The molecule has 1 amide bonds. The molecule has 0 unspecified atom stereocenters. The number of carbonyl (C=O) groups excluding carboxylic acids is 2. The average molecular weight is 401 g/mol. The summed E-state index contributed by atoms with van der Waals surface area (Å²) < 4.78 is 10.4. The van der Waals surface area contributed by atoms with E-state index in [2.05, 4.69) is 4.98 Å². The number of hydrogen-bond donors (Lipinski definition) is 1. The minimum Gasteiger partial charge on any atom is -0.497 e. The van der Waals surface area contributed by atoms with Gasteiger partial charge in [-0.3, -0.25) is 4.79 Å². The number of carbonyl (C=O) groups is 2. The summed E-state index contributed by atoms with van der Waals surface area (Å²) in [5.74, 6) is 0.798. The van der Waals surface area contributed by atoms with E-state index in [0.717, 1.165) is 28.3 Å². The van der Waals surface area contributed by atoms with E-state index in [0.29, 0.717) is 31.7 Å². The Morgan fingerprint density at radius 1 is 1.10 bits per heavy atom. The Morgan fingerprint density at radius 2 is 1.76 bits per heavy atom. The van der Waals surface area contributed by atoms with Crippen LogP contribution in [0.4, 0.5) is 0 Å². The first-order chi connectivity index (χ1) is 13.8.